The lowest BCUT2D eigenvalue weighted by molar-refractivity contribution is 0.0968. The molecule has 3 aromatic rings. The minimum absolute atomic E-state index is 0.0453. The van der Waals surface area contributed by atoms with Crippen LogP contribution in [-0.2, 0) is 4.74 Å². The first-order valence-corrected chi connectivity index (χ1v) is 11.3. The maximum atomic E-state index is 13.1. The summed E-state index contributed by atoms with van der Waals surface area (Å²) >= 11 is 8.62. The van der Waals surface area contributed by atoms with E-state index >= 15 is 0 Å². The van der Waals surface area contributed by atoms with Crippen molar-refractivity contribution in [2.75, 3.05) is 31.0 Å². The zero-order chi connectivity index (χ0) is 24.5. The van der Waals surface area contributed by atoms with E-state index in [1.807, 2.05) is 0 Å². The molecule has 3 N–H and O–H groups in total. The summed E-state index contributed by atoms with van der Waals surface area (Å²) in [7, 11) is 1.56. The normalized spacial score (nSPS) is 10.3. The van der Waals surface area contributed by atoms with Gasteiger partial charge in [-0.05, 0) is 72.9 Å². The van der Waals surface area contributed by atoms with Gasteiger partial charge in [0, 0.05) is 28.5 Å². The van der Waals surface area contributed by atoms with Crippen molar-refractivity contribution >= 4 is 56.4 Å². The van der Waals surface area contributed by atoms with Crippen LogP contribution in [0.2, 0.25) is 0 Å². The highest BCUT2D eigenvalue weighted by molar-refractivity contribution is 9.10. The van der Waals surface area contributed by atoms with E-state index in [1.165, 1.54) is 24.3 Å². The van der Waals surface area contributed by atoms with Crippen LogP contribution in [0, 0.1) is 5.82 Å². The van der Waals surface area contributed by atoms with Gasteiger partial charge in [0.2, 0.25) is 0 Å². The smallest absolute Gasteiger partial charge is 0.261 e. The number of hydrogen-bond donors (Lipinski definition) is 3. The Kier molecular flexibility index (Phi) is 9.08. The molecule has 0 fully saturated rings. The average Bonchev–Trinajstić information content (AvgIpc) is 2.81. The van der Waals surface area contributed by atoms with E-state index in [9.17, 15) is 14.0 Å². The van der Waals surface area contributed by atoms with E-state index < -0.39 is 11.7 Å². The van der Waals surface area contributed by atoms with E-state index in [2.05, 4.69) is 31.9 Å². The molecule has 0 saturated carbocycles. The number of halogens is 2. The predicted molar refractivity (Wildman–Crippen MR) is 136 cm³/mol. The van der Waals surface area contributed by atoms with Crippen molar-refractivity contribution < 1.29 is 23.5 Å². The zero-order valence-corrected chi connectivity index (χ0v) is 20.5. The summed E-state index contributed by atoms with van der Waals surface area (Å²) in [6.07, 6.45) is 0. The molecule has 0 spiro atoms. The number of benzene rings is 3. The van der Waals surface area contributed by atoms with Crippen molar-refractivity contribution in [1.82, 2.24) is 5.32 Å². The fourth-order valence-corrected chi connectivity index (χ4v) is 3.42. The van der Waals surface area contributed by atoms with Crippen molar-refractivity contribution in [3.63, 3.8) is 0 Å². The van der Waals surface area contributed by atoms with Crippen molar-refractivity contribution in [2.24, 2.45) is 0 Å². The maximum Gasteiger partial charge on any atom is 0.261 e. The molecule has 0 aliphatic heterocycles. The van der Waals surface area contributed by atoms with Crippen molar-refractivity contribution in [3.8, 4) is 5.75 Å². The van der Waals surface area contributed by atoms with Crippen LogP contribution in [0.1, 0.15) is 20.7 Å². The number of carbonyl (C=O) groups is 2. The molecule has 10 heteroatoms. The van der Waals surface area contributed by atoms with Crippen LogP contribution in [0.5, 0.6) is 5.75 Å². The number of nitrogens with one attached hydrogen (secondary N) is 3. The largest absolute Gasteiger partial charge is 0.490 e. The zero-order valence-electron chi connectivity index (χ0n) is 18.1. The molecule has 0 atom stereocenters. The Bertz CT molecular complexity index is 1190. The van der Waals surface area contributed by atoms with Gasteiger partial charge in [0.05, 0.1) is 12.2 Å². The summed E-state index contributed by atoms with van der Waals surface area (Å²) in [6.45, 7) is 0.663. The molecule has 0 saturated heterocycles. The van der Waals surface area contributed by atoms with Crippen LogP contribution in [-0.4, -0.2) is 37.3 Å². The van der Waals surface area contributed by atoms with Crippen LogP contribution in [0.4, 0.5) is 15.8 Å². The van der Waals surface area contributed by atoms with E-state index in [4.69, 9.17) is 21.7 Å². The first-order valence-electron chi connectivity index (χ1n) is 10.1. The molecule has 176 valence electrons. The van der Waals surface area contributed by atoms with E-state index in [0.717, 1.165) is 0 Å². The SMILES string of the molecule is COCCOc1ccc(Br)cc1C(=O)NC(=S)Nc1cccc(C(=O)Nc2ccc(F)cc2)c1. The highest BCUT2D eigenvalue weighted by Gasteiger charge is 2.15. The molecule has 2 amide bonds. The van der Waals surface area contributed by atoms with Gasteiger partial charge < -0.3 is 20.1 Å². The van der Waals surface area contributed by atoms with E-state index in [0.29, 0.717) is 39.3 Å². The topological polar surface area (TPSA) is 88.7 Å². The number of thiocarbonyl (C=S) groups is 1. The second-order valence-electron chi connectivity index (χ2n) is 6.93. The van der Waals surface area contributed by atoms with Crippen molar-refractivity contribution in [3.05, 3.63) is 88.1 Å². The Balaban J connectivity index is 1.64. The summed E-state index contributed by atoms with van der Waals surface area (Å²) < 4.78 is 24.3. The fraction of sp³-hybridized carbons (Fsp3) is 0.125. The summed E-state index contributed by atoms with van der Waals surface area (Å²) in [5.41, 5.74) is 1.61. The lowest BCUT2D eigenvalue weighted by atomic mass is 10.1. The molecule has 0 radical (unpaired) electrons. The minimum Gasteiger partial charge on any atom is -0.490 e. The molecule has 0 aromatic heterocycles. The quantitative estimate of drug-likeness (QED) is 0.273. The van der Waals surface area contributed by atoms with Gasteiger partial charge in [0.15, 0.2) is 5.11 Å². The second-order valence-corrected chi connectivity index (χ2v) is 8.26. The van der Waals surface area contributed by atoms with Crippen LogP contribution in [0.15, 0.2) is 71.2 Å². The number of ether oxygens (including phenoxy) is 2. The van der Waals surface area contributed by atoms with Gasteiger partial charge >= 0.3 is 0 Å². The van der Waals surface area contributed by atoms with Gasteiger partial charge in [-0.2, -0.15) is 0 Å². The van der Waals surface area contributed by atoms with Gasteiger partial charge in [0.1, 0.15) is 18.2 Å². The van der Waals surface area contributed by atoms with Crippen LogP contribution in [0.3, 0.4) is 0 Å². The molecule has 3 rings (SSSR count). The van der Waals surface area contributed by atoms with Gasteiger partial charge in [0.25, 0.3) is 11.8 Å². The number of hydrogen-bond acceptors (Lipinski definition) is 5. The standard InChI is InChI=1S/C24H21BrFN3O4S/c1-32-11-12-33-21-10-5-16(25)14-20(21)23(31)29-24(34)28-19-4-2-3-15(13-19)22(30)27-18-8-6-17(26)7-9-18/h2-10,13-14H,11-12H2,1H3,(H,27,30)(H2,28,29,31,34). The highest BCUT2D eigenvalue weighted by Crippen LogP contribution is 2.23. The molecule has 0 unspecified atom stereocenters. The fourth-order valence-electron chi connectivity index (χ4n) is 2.85. The third-order valence-corrected chi connectivity index (χ3v) is 5.14. The third kappa shape index (κ3) is 7.34. The Hall–Kier alpha value is -3.34. The predicted octanol–water partition coefficient (Wildman–Crippen LogP) is 4.99. The molecule has 34 heavy (non-hydrogen) atoms. The molecule has 7 nitrogen and oxygen atoms in total. The van der Waals surface area contributed by atoms with Crippen molar-refractivity contribution in [1.29, 1.82) is 0 Å². The van der Waals surface area contributed by atoms with E-state index in [-0.39, 0.29) is 17.6 Å². The Morgan fingerprint density at radius 1 is 0.941 bits per heavy atom. The summed E-state index contributed by atoms with van der Waals surface area (Å²) in [4.78, 5) is 25.3. The maximum absolute atomic E-state index is 13.1. The van der Waals surface area contributed by atoms with Gasteiger partial charge in [-0.25, -0.2) is 4.39 Å². The molecule has 0 aliphatic rings. The van der Waals surface area contributed by atoms with Gasteiger partial charge in [-0.1, -0.05) is 22.0 Å². The minimum atomic E-state index is -0.462. The first-order chi connectivity index (χ1) is 16.4. The Morgan fingerprint density at radius 2 is 1.71 bits per heavy atom. The molecular weight excluding hydrogens is 525 g/mol. The second kappa shape index (κ2) is 12.2. The van der Waals surface area contributed by atoms with Gasteiger partial charge in [-0.15, -0.1) is 0 Å². The number of amides is 2. The van der Waals surface area contributed by atoms with Crippen LogP contribution in [0.25, 0.3) is 0 Å². The molecule has 0 aliphatic carbocycles. The van der Waals surface area contributed by atoms with E-state index in [1.54, 1.807) is 49.6 Å². The van der Waals surface area contributed by atoms with Crippen LogP contribution >= 0.6 is 28.1 Å². The lowest BCUT2D eigenvalue weighted by Crippen LogP contribution is -2.34. The molecule has 3 aromatic carbocycles. The summed E-state index contributed by atoms with van der Waals surface area (Å²) in [6, 6.07) is 17.1. The average molecular weight is 546 g/mol. The number of carbonyl (C=O) groups excluding carboxylic acids is 2. The highest BCUT2D eigenvalue weighted by atomic mass is 79.9. The number of anilines is 2. The van der Waals surface area contributed by atoms with Crippen LogP contribution < -0.4 is 20.7 Å². The lowest BCUT2D eigenvalue weighted by Gasteiger charge is -2.14. The Morgan fingerprint density at radius 3 is 2.44 bits per heavy atom. The molecule has 0 bridgehead atoms. The number of rotatable bonds is 8. The first kappa shape index (κ1) is 25.3. The molecular formula is C24H21BrFN3O4S. The number of methoxy groups -OCH3 is 1. The Labute approximate surface area is 209 Å². The summed E-state index contributed by atoms with van der Waals surface area (Å²) in [5.74, 6) is -0.843. The monoisotopic (exact) mass is 545 g/mol. The molecule has 0 heterocycles. The van der Waals surface area contributed by atoms with Gasteiger partial charge in [-0.3, -0.25) is 14.9 Å². The van der Waals surface area contributed by atoms with Crippen molar-refractivity contribution in [2.45, 2.75) is 0 Å². The summed E-state index contributed by atoms with van der Waals surface area (Å²) in [5, 5.41) is 8.24. The third-order valence-electron chi connectivity index (χ3n) is 4.44.